The number of nitrogen functional groups attached to an aromatic ring is 1. The monoisotopic (exact) mass is 528 g/mol. The Morgan fingerprint density at radius 3 is 2.47 bits per heavy atom. The Morgan fingerprint density at radius 2 is 1.84 bits per heavy atom. The molecule has 1 aromatic carbocycles. The molecule has 1 unspecified atom stereocenters. The number of fused-ring (bicyclic) bond motifs is 1. The van der Waals surface area contributed by atoms with Crippen molar-refractivity contribution in [2.24, 2.45) is 0 Å². The summed E-state index contributed by atoms with van der Waals surface area (Å²) in [7, 11) is 0. The quantitative estimate of drug-likeness (QED) is 0.151. The highest BCUT2D eigenvalue weighted by atomic mass is 16.6. The van der Waals surface area contributed by atoms with Crippen LogP contribution in [0.1, 0.15) is 54.1 Å². The molecule has 38 heavy (non-hydrogen) atoms. The number of hydrogen-bond acceptors (Lipinski definition) is 11. The van der Waals surface area contributed by atoms with E-state index in [1.165, 1.54) is 30.5 Å². The minimum Gasteiger partial charge on any atom is -0.493 e. The van der Waals surface area contributed by atoms with Crippen LogP contribution in [-0.2, 0) is 19.1 Å². The zero-order chi connectivity index (χ0) is 27.8. The predicted octanol–water partition coefficient (Wildman–Crippen LogP) is 1.66. The minimum absolute atomic E-state index is 0.0109. The third kappa shape index (κ3) is 6.72. The number of hydrogen-bond donors (Lipinski definition) is 4. The van der Waals surface area contributed by atoms with Crippen LogP contribution in [0.4, 0.5) is 5.95 Å². The zero-order valence-corrected chi connectivity index (χ0v) is 20.8. The van der Waals surface area contributed by atoms with Crippen molar-refractivity contribution in [3.63, 3.8) is 0 Å². The number of carbonyl (C=O) groups is 3. The molecular weight excluding hydrogens is 500 g/mol. The number of nitrogens with one attached hydrogen (secondary N) is 2. The Morgan fingerprint density at radius 1 is 1.16 bits per heavy atom. The normalized spacial score (nSPS) is 12.5. The van der Waals surface area contributed by atoms with Crippen LogP contribution < -0.4 is 11.1 Å². The van der Waals surface area contributed by atoms with Gasteiger partial charge in [0.2, 0.25) is 18.4 Å². The Kier molecular flexibility index (Phi) is 9.13. The van der Waals surface area contributed by atoms with Crippen molar-refractivity contribution in [1.29, 1.82) is 0 Å². The number of nitrogens with zero attached hydrogens (tertiary/aromatic N) is 3. The molecule has 3 aromatic rings. The summed E-state index contributed by atoms with van der Waals surface area (Å²) in [6, 6.07) is 4.91. The van der Waals surface area contributed by atoms with E-state index in [4.69, 9.17) is 15.2 Å². The molecule has 14 heteroatoms. The first kappa shape index (κ1) is 27.8. The van der Waals surface area contributed by atoms with E-state index in [0.29, 0.717) is 11.1 Å². The van der Waals surface area contributed by atoms with E-state index >= 15 is 0 Å². The lowest BCUT2D eigenvalue weighted by atomic mass is 9.91. The first-order chi connectivity index (χ1) is 18.1. The van der Waals surface area contributed by atoms with Gasteiger partial charge in [-0.05, 0) is 43.5 Å². The fraction of sp³-hybridized carbons (Fsp3) is 0.375. The van der Waals surface area contributed by atoms with Crippen LogP contribution in [0.3, 0.4) is 0 Å². The molecule has 2 heterocycles. The Balaban J connectivity index is 1.83. The summed E-state index contributed by atoms with van der Waals surface area (Å²) in [5.41, 5.74) is 6.83. The number of aromatic amines is 1. The molecule has 0 aliphatic heterocycles. The third-order valence-corrected chi connectivity index (χ3v) is 5.66. The van der Waals surface area contributed by atoms with Gasteiger partial charge < -0.3 is 30.6 Å². The second kappa shape index (κ2) is 12.5. The molecule has 0 saturated carbocycles. The van der Waals surface area contributed by atoms with Crippen molar-refractivity contribution < 1.29 is 33.9 Å². The predicted molar refractivity (Wildman–Crippen MR) is 134 cm³/mol. The lowest BCUT2D eigenvalue weighted by molar-refractivity contribution is -0.481. The van der Waals surface area contributed by atoms with Crippen molar-refractivity contribution in [3.8, 4) is 5.88 Å². The number of amides is 1. The number of nitrogens with two attached hydrogens (primary N) is 1. The summed E-state index contributed by atoms with van der Waals surface area (Å²) >= 11 is 0. The van der Waals surface area contributed by atoms with Crippen molar-refractivity contribution in [2.45, 2.75) is 38.6 Å². The second-order valence-electron chi connectivity index (χ2n) is 8.18. The molecular formula is C24H28N6O8. The van der Waals surface area contributed by atoms with E-state index in [0.717, 1.165) is 0 Å². The van der Waals surface area contributed by atoms with E-state index < -0.39 is 47.2 Å². The van der Waals surface area contributed by atoms with Gasteiger partial charge in [-0.1, -0.05) is 12.1 Å². The lowest BCUT2D eigenvalue weighted by Gasteiger charge is -2.17. The standard InChI is InChI=1S/C24H28N6O8/c1-3-37-18(31)10-9-17(23(34)38-4-2)27-21(32)14-7-5-13(6-8-14)16(12-30(35)36)15-11-26-20-19(15)22(33)29-24(25)28-20/h5-8,11,16-17H,3-4,9-10,12H2,1-2H3,(H,27,32)(H4,25,26,28,29,33)/t16?,17-/m1/s1. The Labute approximate surface area is 216 Å². The summed E-state index contributed by atoms with van der Waals surface area (Å²) in [6.07, 6.45) is 1.38. The molecule has 0 radical (unpaired) electrons. The average Bonchev–Trinajstić information content (AvgIpc) is 3.29. The van der Waals surface area contributed by atoms with E-state index in [2.05, 4.69) is 20.3 Å². The van der Waals surface area contributed by atoms with Crippen LogP contribution in [0.15, 0.2) is 30.5 Å². The smallest absolute Gasteiger partial charge is 0.328 e. The summed E-state index contributed by atoms with van der Waals surface area (Å²) in [4.78, 5) is 58.4. The highest BCUT2D eigenvalue weighted by molar-refractivity contribution is 5.97. The van der Waals surface area contributed by atoms with Gasteiger partial charge in [-0.2, -0.15) is 9.97 Å². The van der Waals surface area contributed by atoms with Gasteiger partial charge in [0.15, 0.2) is 0 Å². The molecule has 0 spiro atoms. The average molecular weight is 529 g/mol. The molecule has 0 bridgehead atoms. The van der Waals surface area contributed by atoms with Gasteiger partial charge in [0.1, 0.15) is 11.7 Å². The fourth-order valence-electron chi connectivity index (χ4n) is 3.96. The van der Waals surface area contributed by atoms with Gasteiger partial charge >= 0.3 is 11.9 Å². The number of ether oxygens (including phenoxy) is 2. The number of aromatic nitrogens is 3. The van der Waals surface area contributed by atoms with Crippen molar-refractivity contribution in [1.82, 2.24) is 20.3 Å². The highest BCUT2D eigenvalue weighted by Crippen LogP contribution is 2.34. The number of esters is 2. The number of aromatic hydroxyl groups is 1. The van der Waals surface area contributed by atoms with Gasteiger partial charge in [-0.3, -0.25) is 19.7 Å². The number of carbonyl (C=O) groups excluding carboxylic acids is 3. The topological polar surface area (TPSA) is 213 Å². The first-order valence-corrected chi connectivity index (χ1v) is 11.8. The van der Waals surface area contributed by atoms with Gasteiger partial charge in [0.05, 0.1) is 24.5 Å². The summed E-state index contributed by atoms with van der Waals surface area (Å²) in [5.74, 6) is -3.18. The largest absolute Gasteiger partial charge is 0.493 e. The van der Waals surface area contributed by atoms with Crippen molar-refractivity contribution >= 4 is 34.8 Å². The zero-order valence-electron chi connectivity index (χ0n) is 20.8. The van der Waals surface area contributed by atoms with Gasteiger partial charge in [0, 0.05) is 23.1 Å². The number of nitro groups is 1. The Hall–Kier alpha value is -4.75. The van der Waals surface area contributed by atoms with Crippen LogP contribution in [0.25, 0.3) is 11.0 Å². The van der Waals surface area contributed by atoms with Gasteiger partial charge in [0.25, 0.3) is 5.91 Å². The minimum atomic E-state index is -1.07. The van der Waals surface area contributed by atoms with E-state index in [-0.39, 0.29) is 48.6 Å². The molecule has 1 amide bonds. The van der Waals surface area contributed by atoms with Crippen molar-refractivity contribution in [2.75, 3.05) is 25.5 Å². The maximum Gasteiger partial charge on any atom is 0.328 e. The molecule has 14 nitrogen and oxygen atoms in total. The van der Waals surface area contributed by atoms with E-state index in [1.807, 2.05) is 0 Å². The molecule has 2 aromatic heterocycles. The summed E-state index contributed by atoms with van der Waals surface area (Å²) in [5, 5.41) is 24.5. The highest BCUT2D eigenvalue weighted by Gasteiger charge is 2.27. The summed E-state index contributed by atoms with van der Waals surface area (Å²) in [6.45, 7) is 3.06. The third-order valence-electron chi connectivity index (χ3n) is 5.66. The van der Waals surface area contributed by atoms with Gasteiger partial charge in [-0.25, -0.2) is 4.79 Å². The molecule has 202 valence electrons. The van der Waals surface area contributed by atoms with E-state index in [9.17, 15) is 29.6 Å². The van der Waals surface area contributed by atoms with Crippen LogP contribution in [0.2, 0.25) is 0 Å². The number of H-pyrrole nitrogens is 1. The SMILES string of the molecule is CCOC(=O)CC[C@@H](NC(=O)c1ccc(C(C[N+](=O)[O-])c2c[nH]c3nc(N)nc(O)c23)cc1)C(=O)OCC. The summed E-state index contributed by atoms with van der Waals surface area (Å²) < 4.78 is 9.87. The Bertz CT molecular complexity index is 1320. The van der Waals surface area contributed by atoms with Crippen LogP contribution in [0, 0.1) is 10.1 Å². The first-order valence-electron chi connectivity index (χ1n) is 11.8. The van der Waals surface area contributed by atoms with Crippen molar-refractivity contribution in [3.05, 3.63) is 57.3 Å². The lowest BCUT2D eigenvalue weighted by Crippen LogP contribution is -2.42. The maximum absolute atomic E-state index is 12.9. The van der Waals surface area contributed by atoms with E-state index in [1.54, 1.807) is 13.8 Å². The second-order valence-corrected chi connectivity index (χ2v) is 8.18. The molecule has 0 fully saturated rings. The molecule has 0 aliphatic rings. The van der Waals surface area contributed by atoms with Crippen LogP contribution in [-0.4, -0.2) is 68.6 Å². The molecule has 0 saturated heterocycles. The van der Waals surface area contributed by atoms with Crippen LogP contribution in [0.5, 0.6) is 5.88 Å². The number of anilines is 1. The molecule has 3 rings (SSSR count). The van der Waals surface area contributed by atoms with Crippen LogP contribution >= 0.6 is 0 Å². The molecule has 0 aliphatic carbocycles. The molecule has 5 N–H and O–H groups in total. The number of benzene rings is 1. The maximum atomic E-state index is 12.9. The number of rotatable bonds is 12. The molecule has 2 atom stereocenters. The fourth-order valence-corrected chi connectivity index (χ4v) is 3.96. The van der Waals surface area contributed by atoms with Gasteiger partial charge in [-0.15, -0.1) is 0 Å².